The zero-order chi connectivity index (χ0) is 13.6. The standard InChI is InChI=1S/C11H21N3O3S/c1-3-4-5-11(2,12)6-9-18(15,16)17-14-8-7-13-10-14/h7-8,10H,3-6,9,12H2,1-2H3. The molecule has 0 aliphatic rings. The molecule has 0 spiro atoms. The van der Waals surface area contributed by atoms with E-state index in [2.05, 4.69) is 11.9 Å². The second-order valence-corrected chi connectivity index (χ2v) is 6.44. The van der Waals surface area contributed by atoms with Crippen LogP contribution < -0.4 is 10.0 Å². The molecule has 1 aromatic rings. The van der Waals surface area contributed by atoms with Crippen molar-refractivity contribution in [2.45, 2.75) is 45.1 Å². The minimum absolute atomic E-state index is 0.0953. The van der Waals surface area contributed by atoms with Crippen molar-refractivity contribution in [1.82, 2.24) is 9.71 Å². The van der Waals surface area contributed by atoms with Gasteiger partial charge in [0.15, 0.2) is 0 Å². The van der Waals surface area contributed by atoms with E-state index >= 15 is 0 Å². The van der Waals surface area contributed by atoms with Crippen molar-refractivity contribution in [3.05, 3.63) is 18.7 Å². The summed E-state index contributed by atoms with van der Waals surface area (Å²) in [5.74, 6) is -0.0953. The number of imidazole rings is 1. The van der Waals surface area contributed by atoms with E-state index in [1.807, 2.05) is 6.92 Å². The number of nitrogens with two attached hydrogens (primary N) is 1. The largest absolute Gasteiger partial charge is 0.327 e. The summed E-state index contributed by atoms with van der Waals surface area (Å²) in [6.45, 7) is 3.95. The Morgan fingerprint density at radius 2 is 2.17 bits per heavy atom. The lowest BCUT2D eigenvalue weighted by Gasteiger charge is -2.24. The predicted molar refractivity (Wildman–Crippen MR) is 69.3 cm³/mol. The van der Waals surface area contributed by atoms with Gasteiger partial charge in [0.05, 0.1) is 11.9 Å². The molecule has 0 saturated carbocycles. The number of aromatic nitrogens is 2. The SMILES string of the molecule is CCCCC(C)(N)CCS(=O)(=O)On1ccnc1. The normalized spacial score (nSPS) is 15.3. The fourth-order valence-electron chi connectivity index (χ4n) is 1.52. The molecule has 1 rings (SSSR count). The lowest BCUT2D eigenvalue weighted by molar-refractivity contribution is 0.275. The Morgan fingerprint density at radius 3 is 2.72 bits per heavy atom. The lowest BCUT2D eigenvalue weighted by atomic mass is 9.93. The van der Waals surface area contributed by atoms with Gasteiger partial charge in [-0.3, -0.25) is 4.28 Å². The van der Waals surface area contributed by atoms with Gasteiger partial charge in [-0.1, -0.05) is 19.8 Å². The maximum Gasteiger partial charge on any atom is 0.327 e. The van der Waals surface area contributed by atoms with Crippen LogP contribution in [0.2, 0.25) is 0 Å². The van der Waals surface area contributed by atoms with Crippen LogP contribution in [0, 0.1) is 0 Å². The van der Waals surface area contributed by atoms with Gasteiger partial charge in [0.2, 0.25) is 0 Å². The molecule has 0 bridgehead atoms. The van der Waals surface area contributed by atoms with Gasteiger partial charge in [-0.05, 0) is 19.8 Å². The summed E-state index contributed by atoms with van der Waals surface area (Å²) >= 11 is 0. The van der Waals surface area contributed by atoms with Crippen molar-refractivity contribution in [2.24, 2.45) is 5.73 Å². The molecular weight excluding hydrogens is 254 g/mol. The molecule has 0 aromatic carbocycles. The molecule has 0 radical (unpaired) electrons. The lowest BCUT2D eigenvalue weighted by Crippen LogP contribution is -2.39. The molecule has 18 heavy (non-hydrogen) atoms. The molecule has 7 heteroatoms. The van der Waals surface area contributed by atoms with Crippen LogP contribution in [0.5, 0.6) is 0 Å². The van der Waals surface area contributed by atoms with Crippen LogP contribution in [0.4, 0.5) is 0 Å². The zero-order valence-corrected chi connectivity index (χ0v) is 11.7. The summed E-state index contributed by atoms with van der Waals surface area (Å²) in [6.07, 6.45) is 7.39. The van der Waals surface area contributed by atoms with E-state index in [1.54, 1.807) is 0 Å². The van der Waals surface area contributed by atoms with E-state index in [9.17, 15) is 8.42 Å². The van der Waals surface area contributed by atoms with E-state index in [0.717, 1.165) is 24.0 Å². The maximum atomic E-state index is 11.7. The minimum atomic E-state index is -3.62. The van der Waals surface area contributed by atoms with E-state index in [0.29, 0.717) is 6.42 Å². The molecular formula is C11H21N3O3S. The summed E-state index contributed by atoms with van der Waals surface area (Å²) in [4.78, 5) is 3.70. The van der Waals surface area contributed by atoms with E-state index in [-0.39, 0.29) is 5.75 Å². The highest BCUT2D eigenvalue weighted by atomic mass is 32.2. The van der Waals surface area contributed by atoms with Crippen LogP contribution >= 0.6 is 0 Å². The predicted octanol–water partition coefficient (Wildman–Crippen LogP) is 0.939. The second-order valence-electron chi connectivity index (χ2n) is 4.77. The Labute approximate surface area is 108 Å². The first-order chi connectivity index (χ1) is 8.35. The van der Waals surface area contributed by atoms with Gasteiger partial charge in [-0.2, -0.15) is 13.1 Å². The van der Waals surface area contributed by atoms with Crippen molar-refractivity contribution in [3.8, 4) is 0 Å². The van der Waals surface area contributed by atoms with Gasteiger partial charge >= 0.3 is 10.1 Å². The third kappa shape index (κ3) is 5.50. The van der Waals surface area contributed by atoms with E-state index in [4.69, 9.17) is 10.0 Å². The first-order valence-electron chi connectivity index (χ1n) is 6.04. The molecule has 0 fully saturated rings. The van der Waals surface area contributed by atoms with Crippen LogP contribution in [-0.2, 0) is 10.1 Å². The summed E-state index contributed by atoms with van der Waals surface area (Å²) in [7, 11) is -3.62. The monoisotopic (exact) mass is 275 g/mol. The van der Waals surface area contributed by atoms with Gasteiger partial charge in [0.1, 0.15) is 6.33 Å². The van der Waals surface area contributed by atoms with E-state index in [1.165, 1.54) is 18.7 Å². The number of nitrogens with zero attached hydrogens (tertiary/aromatic N) is 2. The first kappa shape index (κ1) is 15.0. The third-order valence-corrected chi connectivity index (χ3v) is 3.81. The highest BCUT2D eigenvalue weighted by molar-refractivity contribution is 7.86. The molecule has 0 aliphatic heterocycles. The Hall–Kier alpha value is -1.08. The van der Waals surface area contributed by atoms with Crippen molar-refractivity contribution in [1.29, 1.82) is 0 Å². The van der Waals surface area contributed by atoms with Crippen molar-refractivity contribution in [2.75, 3.05) is 5.75 Å². The minimum Gasteiger partial charge on any atom is -0.325 e. The molecule has 1 aromatic heterocycles. The molecule has 0 amide bonds. The molecule has 6 nitrogen and oxygen atoms in total. The summed E-state index contributed by atoms with van der Waals surface area (Å²) in [6, 6.07) is 0. The molecule has 2 N–H and O–H groups in total. The number of rotatable bonds is 8. The van der Waals surface area contributed by atoms with Gasteiger partial charge in [0.25, 0.3) is 0 Å². The van der Waals surface area contributed by atoms with Gasteiger partial charge in [-0.25, -0.2) is 4.98 Å². The van der Waals surface area contributed by atoms with E-state index < -0.39 is 15.7 Å². The van der Waals surface area contributed by atoms with Crippen molar-refractivity contribution >= 4 is 10.1 Å². The summed E-state index contributed by atoms with van der Waals surface area (Å²) in [5, 5.41) is 0. The van der Waals surface area contributed by atoms with Gasteiger partial charge in [0, 0.05) is 11.7 Å². The highest BCUT2D eigenvalue weighted by Gasteiger charge is 2.23. The fraction of sp³-hybridized carbons (Fsp3) is 0.727. The van der Waals surface area contributed by atoms with Crippen LogP contribution in [0.1, 0.15) is 39.5 Å². The summed E-state index contributed by atoms with van der Waals surface area (Å²) < 4.78 is 29.3. The smallest absolute Gasteiger partial charge is 0.325 e. The molecule has 1 atom stereocenters. The van der Waals surface area contributed by atoms with Gasteiger partial charge < -0.3 is 5.73 Å². The van der Waals surface area contributed by atoms with Crippen molar-refractivity contribution in [3.63, 3.8) is 0 Å². The fourth-order valence-corrected chi connectivity index (χ4v) is 2.66. The molecule has 104 valence electrons. The molecule has 1 unspecified atom stereocenters. The molecule has 1 heterocycles. The Morgan fingerprint density at radius 1 is 1.44 bits per heavy atom. The number of hydrogen-bond donors (Lipinski definition) is 1. The highest BCUT2D eigenvalue weighted by Crippen LogP contribution is 2.15. The zero-order valence-electron chi connectivity index (χ0n) is 10.9. The van der Waals surface area contributed by atoms with Crippen LogP contribution in [0.3, 0.4) is 0 Å². The molecule has 0 aliphatic carbocycles. The van der Waals surface area contributed by atoms with Gasteiger partial charge in [-0.15, -0.1) is 0 Å². The molecule has 0 saturated heterocycles. The Bertz CT molecular complexity index is 440. The first-order valence-corrected chi connectivity index (χ1v) is 7.62. The number of hydrogen-bond acceptors (Lipinski definition) is 5. The average Bonchev–Trinajstić information content (AvgIpc) is 2.76. The summed E-state index contributed by atoms with van der Waals surface area (Å²) in [5.41, 5.74) is 5.57. The second kappa shape index (κ2) is 6.19. The van der Waals surface area contributed by atoms with Crippen LogP contribution in [-0.4, -0.2) is 29.4 Å². The number of unbranched alkanes of at least 4 members (excludes halogenated alkanes) is 1. The Kier molecular flexibility index (Phi) is 5.15. The third-order valence-electron chi connectivity index (χ3n) is 2.70. The van der Waals surface area contributed by atoms with Crippen LogP contribution in [0.15, 0.2) is 18.7 Å². The van der Waals surface area contributed by atoms with Crippen molar-refractivity contribution < 1.29 is 12.7 Å². The topological polar surface area (TPSA) is 87.2 Å². The quantitative estimate of drug-likeness (QED) is 0.763. The van der Waals surface area contributed by atoms with Crippen LogP contribution in [0.25, 0.3) is 0 Å². The average molecular weight is 275 g/mol. The maximum absolute atomic E-state index is 11.7. The Balaban J connectivity index is 2.46.